The third kappa shape index (κ3) is 3.28. The molecule has 3 aliphatic rings. The van der Waals surface area contributed by atoms with Gasteiger partial charge in [0, 0.05) is 33.4 Å². The fourth-order valence-electron chi connectivity index (χ4n) is 9.93. The van der Waals surface area contributed by atoms with Crippen molar-refractivity contribution in [1.82, 2.24) is 4.57 Å². The van der Waals surface area contributed by atoms with Crippen molar-refractivity contribution in [2.45, 2.75) is 5.41 Å². The quantitative estimate of drug-likeness (QED) is 0.185. The fraction of sp³-hybridized carbons (Fsp3) is 0.0204. The largest absolute Gasteiger partial charge is 0.310 e. The highest BCUT2D eigenvalue weighted by Crippen LogP contribution is 2.71. The van der Waals surface area contributed by atoms with Crippen LogP contribution < -0.4 is 4.90 Å². The van der Waals surface area contributed by atoms with Crippen molar-refractivity contribution in [1.29, 1.82) is 0 Å². The number of fused-ring (bicyclic) bond motifs is 8. The minimum atomic E-state index is -0.324. The van der Waals surface area contributed by atoms with Gasteiger partial charge >= 0.3 is 0 Å². The highest BCUT2D eigenvalue weighted by Gasteiger charge is 2.57. The SMILES string of the molecule is c1ccc(N(c2ccc3c(c2)c2ccccc2n3-c2ccccc2)c2cccc3c2-c2cccc4c2C32c3ccccc3-c3cccc-4c32)cc1. The Hall–Kier alpha value is -6.64. The van der Waals surface area contributed by atoms with Gasteiger partial charge in [-0.3, -0.25) is 0 Å². The van der Waals surface area contributed by atoms with Crippen LogP contribution in [0.15, 0.2) is 182 Å². The smallest absolute Gasteiger partial charge is 0.0738 e. The van der Waals surface area contributed by atoms with E-state index in [9.17, 15) is 0 Å². The molecule has 51 heavy (non-hydrogen) atoms. The summed E-state index contributed by atoms with van der Waals surface area (Å²) in [6.07, 6.45) is 0. The van der Waals surface area contributed by atoms with E-state index in [0.717, 1.165) is 11.4 Å². The number of nitrogens with zero attached hydrogens (tertiary/aromatic N) is 2. The topological polar surface area (TPSA) is 8.17 Å². The Labute approximate surface area is 296 Å². The van der Waals surface area contributed by atoms with Crippen LogP contribution in [0.1, 0.15) is 22.3 Å². The molecule has 3 aliphatic carbocycles. The lowest BCUT2D eigenvalue weighted by Gasteiger charge is -2.30. The van der Waals surface area contributed by atoms with Gasteiger partial charge in [0.15, 0.2) is 0 Å². The number of aromatic nitrogens is 1. The van der Waals surface area contributed by atoms with Crippen molar-refractivity contribution in [2.24, 2.45) is 0 Å². The lowest BCUT2D eigenvalue weighted by atomic mass is 9.73. The summed E-state index contributed by atoms with van der Waals surface area (Å²) in [5.41, 5.74) is 20.5. The zero-order valence-corrected chi connectivity index (χ0v) is 27.7. The zero-order chi connectivity index (χ0) is 33.3. The average Bonchev–Trinajstić information content (AvgIpc) is 3.89. The van der Waals surface area contributed by atoms with Crippen LogP contribution >= 0.6 is 0 Å². The summed E-state index contributed by atoms with van der Waals surface area (Å²) < 4.78 is 2.39. The molecule has 0 bridgehead atoms. The Bertz CT molecular complexity index is 2900. The van der Waals surface area contributed by atoms with Gasteiger partial charge < -0.3 is 9.47 Å². The van der Waals surface area contributed by atoms with E-state index in [1.54, 1.807) is 0 Å². The van der Waals surface area contributed by atoms with E-state index in [-0.39, 0.29) is 5.41 Å². The second-order valence-electron chi connectivity index (χ2n) is 14.0. The number of hydrogen-bond donors (Lipinski definition) is 0. The van der Waals surface area contributed by atoms with Crippen LogP contribution in [0.2, 0.25) is 0 Å². The molecular formula is C49H30N2. The van der Waals surface area contributed by atoms with Crippen molar-refractivity contribution in [3.63, 3.8) is 0 Å². The molecule has 2 nitrogen and oxygen atoms in total. The van der Waals surface area contributed by atoms with E-state index in [2.05, 4.69) is 191 Å². The Balaban J connectivity index is 1.16. The van der Waals surface area contributed by atoms with Gasteiger partial charge in [0.1, 0.15) is 0 Å². The predicted octanol–water partition coefficient (Wildman–Crippen LogP) is 12.6. The molecule has 1 unspecified atom stereocenters. The predicted molar refractivity (Wildman–Crippen MR) is 211 cm³/mol. The van der Waals surface area contributed by atoms with Crippen LogP contribution in [-0.2, 0) is 5.41 Å². The Morgan fingerprint density at radius 2 is 0.980 bits per heavy atom. The molecule has 1 aromatic heterocycles. The average molecular weight is 647 g/mol. The van der Waals surface area contributed by atoms with Crippen LogP contribution in [0, 0.1) is 0 Å². The molecule has 0 aliphatic heterocycles. The minimum absolute atomic E-state index is 0.324. The molecule has 0 N–H and O–H groups in total. The summed E-state index contributed by atoms with van der Waals surface area (Å²) in [4.78, 5) is 2.48. The summed E-state index contributed by atoms with van der Waals surface area (Å²) in [5, 5.41) is 2.49. The van der Waals surface area contributed by atoms with E-state index < -0.39 is 0 Å². The molecule has 0 saturated heterocycles. The zero-order valence-electron chi connectivity index (χ0n) is 27.7. The van der Waals surface area contributed by atoms with Crippen molar-refractivity contribution in [3.05, 3.63) is 204 Å². The normalized spacial score (nSPS) is 15.5. The minimum Gasteiger partial charge on any atom is -0.310 e. The summed E-state index contributed by atoms with van der Waals surface area (Å²) in [5.74, 6) is 0. The van der Waals surface area contributed by atoms with Crippen LogP contribution in [0.4, 0.5) is 17.1 Å². The van der Waals surface area contributed by atoms with Crippen molar-refractivity contribution >= 4 is 38.9 Å². The molecule has 9 aromatic rings. The maximum Gasteiger partial charge on any atom is 0.0738 e. The van der Waals surface area contributed by atoms with E-state index in [4.69, 9.17) is 0 Å². The first-order chi connectivity index (χ1) is 25.3. The van der Waals surface area contributed by atoms with Crippen LogP contribution in [0.5, 0.6) is 0 Å². The fourth-order valence-corrected chi connectivity index (χ4v) is 9.93. The van der Waals surface area contributed by atoms with Gasteiger partial charge in [-0.15, -0.1) is 0 Å². The third-order valence-electron chi connectivity index (χ3n) is 11.7. The van der Waals surface area contributed by atoms with E-state index in [1.165, 1.54) is 88.8 Å². The summed E-state index contributed by atoms with van der Waals surface area (Å²) in [7, 11) is 0. The molecule has 0 saturated carbocycles. The van der Waals surface area contributed by atoms with Gasteiger partial charge in [-0.1, -0.05) is 127 Å². The first kappa shape index (κ1) is 27.2. The molecule has 0 fully saturated rings. The molecule has 12 rings (SSSR count). The summed E-state index contributed by atoms with van der Waals surface area (Å²) in [6, 6.07) is 67.4. The second-order valence-corrected chi connectivity index (χ2v) is 14.0. The Morgan fingerprint density at radius 3 is 1.80 bits per heavy atom. The second kappa shape index (κ2) is 9.74. The highest BCUT2D eigenvalue weighted by atomic mass is 15.1. The number of hydrogen-bond acceptors (Lipinski definition) is 1. The Morgan fingerprint density at radius 1 is 0.392 bits per heavy atom. The molecular weight excluding hydrogens is 617 g/mol. The first-order valence-corrected chi connectivity index (χ1v) is 17.8. The van der Waals surface area contributed by atoms with E-state index in [0.29, 0.717) is 0 Å². The van der Waals surface area contributed by atoms with Crippen molar-refractivity contribution in [2.75, 3.05) is 4.90 Å². The molecule has 236 valence electrons. The highest BCUT2D eigenvalue weighted by molar-refractivity contribution is 6.12. The first-order valence-electron chi connectivity index (χ1n) is 17.8. The van der Waals surface area contributed by atoms with Gasteiger partial charge in [0.2, 0.25) is 0 Å². The van der Waals surface area contributed by atoms with E-state index >= 15 is 0 Å². The van der Waals surface area contributed by atoms with Crippen LogP contribution in [0.25, 0.3) is 60.9 Å². The maximum atomic E-state index is 2.48. The number of benzene rings is 8. The molecule has 1 heterocycles. The van der Waals surface area contributed by atoms with Gasteiger partial charge in [-0.05, 0) is 105 Å². The van der Waals surface area contributed by atoms with Crippen molar-refractivity contribution < 1.29 is 0 Å². The summed E-state index contributed by atoms with van der Waals surface area (Å²) in [6.45, 7) is 0. The molecule has 0 radical (unpaired) electrons. The third-order valence-corrected chi connectivity index (χ3v) is 11.7. The molecule has 1 atom stereocenters. The van der Waals surface area contributed by atoms with Gasteiger partial charge in [0.25, 0.3) is 0 Å². The molecule has 8 aromatic carbocycles. The van der Waals surface area contributed by atoms with Crippen LogP contribution in [-0.4, -0.2) is 4.57 Å². The van der Waals surface area contributed by atoms with Gasteiger partial charge in [0.05, 0.1) is 22.1 Å². The van der Waals surface area contributed by atoms with Crippen molar-refractivity contribution in [3.8, 4) is 39.1 Å². The Kier molecular flexibility index (Phi) is 5.20. The van der Waals surface area contributed by atoms with Gasteiger partial charge in [-0.2, -0.15) is 0 Å². The lowest BCUT2D eigenvalue weighted by Crippen LogP contribution is -2.23. The number of rotatable bonds is 4. The van der Waals surface area contributed by atoms with Gasteiger partial charge in [-0.25, -0.2) is 0 Å². The standard InChI is InChI=1S/C49H30N2/c1-3-14-31(15-4-1)50(33-28-29-44-40(30-33)35-19-8-10-26-43(35)51(44)32-16-5-2-6-17-32)45-27-13-25-42-46(45)39-23-12-22-38-37-21-11-20-36-34-18-7-9-24-41(34)49(42,47(36)37)48(38)39/h1-30H. The summed E-state index contributed by atoms with van der Waals surface area (Å²) >= 11 is 0. The van der Waals surface area contributed by atoms with Crippen LogP contribution in [0.3, 0.4) is 0 Å². The monoisotopic (exact) mass is 646 g/mol. The lowest BCUT2D eigenvalue weighted by molar-refractivity contribution is 0.818. The number of anilines is 3. The maximum absolute atomic E-state index is 2.48. The molecule has 1 spiro atoms. The number of para-hydroxylation sites is 3. The molecule has 0 amide bonds. The molecule has 2 heteroatoms. The van der Waals surface area contributed by atoms with E-state index in [1.807, 2.05) is 0 Å².